The number of hydrogen-bond acceptors (Lipinski definition) is 15. The smallest absolute Gasteiger partial charge is 0.191 e. The molecule has 10 N–H and O–H groups in total. The Labute approximate surface area is 474 Å². The predicted octanol–water partition coefficient (Wildman–Crippen LogP) is 11.0. The first-order valence-electron chi connectivity index (χ1n) is 30.0. The van der Waals surface area contributed by atoms with Crippen molar-refractivity contribution >= 4 is 41.6 Å². The fraction of sp³-hybridized carbons (Fsp3) is 1.00. The van der Waals surface area contributed by atoms with E-state index in [9.17, 15) is 25.5 Å². The maximum absolute atomic E-state index is 9.50. The van der Waals surface area contributed by atoms with Gasteiger partial charge in [-0.1, -0.05) is 164 Å². The Bertz CT molecular complexity index is 1200. The third-order valence-electron chi connectivity index (χ3n) is 15.2. The van der Waals surface area contributed by atoms with Crippen LogP contribution >= 0.6 is 0 Å². The molecule has 20 heteroatoms. The van der Waals surface area contributed by atoms with Gasteiger partial charge in [0.1, 0.15) is 0 Å². The second kappa shape index (κ2) is 54.7. The van der Waals surface area contributed by atoms with Gasteiger partial charge in [-0.05, 0) is 99.1 Å². The molecule has 0 heterocycles. The maximum Gasteiger partial charge on any atom is 0.191 e. The van der Waals surface area contributed by atoms with Crippen LogP contribution in [0.5, 0.6) is 0 Å². The molecule has 0 bridgehead atoms. The van der Waals surface area contributed by atoms with Gasteiger partial charge in [0.15, 0.2) is 41.6 Å². The molecule has 0 amide bonds. The van der Waals surface area contributed by atoms with Crippen molar-refractivity contribution in [1.29, 1.82) is 0 Å². The van der Waals surface area contributed by atoms with Crippen molar-refractivity contribution in [2.75, 3.05) is 68.6 Å². The van der Waals surface area contributed by atoms with Gasteiger partial charge in [-0.3, -0.25) is 0 Å². The van der Waals surface area contributed by atoms with Crippen LogP contribution in [0, 0.1) is 5.92 Å². The molecule has 11 atom stereocenters. The van der Waals surface area contributed by atoms with Gasteiger partial charge < -0.3 is 73.2 Å². The summed E-state index contributed by atoms with van der Waals surface area (Å²) in [5.41, 5.74) is 0. The number of hydrogen-bond donors (Lipinski definition) is 10. The van der Waals surface area contributed by atoms with E-state index in [0.717, 1.165) is 55.4 Å². The molecular weight excluding hydrogens is 1050 g/mol. The van der Waals surface area contributed by atoms with Crippen LogP contribution < -0.4 is 0 Å². The number of aliphatic hydroxyl groups is 10. The first kappa shape index (κ1) is 85.3. The summed E-state index contributed by atoms with van der Waals surface area (Å²) in [6, 6.07) is 8.61. The Kier molecular flexibility index (Phi) is 61.4. The van der Waals surface area contributed by atoms with Gasteiger partial charge in [-0.25, -0.2) is 0 Å². The number of unbranched alkanes of at least 4 members (excludes halogenated alkanes) is 13. The van der Waals surface area contributed by atoms with Gasteiger partial charge in [0.2, 0.25) is 0 Å². The third kappa shape index (κ3) is 52.6. The summed E-state index contributed by atoms with van der Waals surface area (Å²) in [7, 11) is -0.208. The lowest BCUT2D eigenvalue weighted by Gasteiger charge is -2.28. The van der Waals surface area contributed by atoms with E-state index in [2.05, 4.69) is 74.3 Å². The Morgan fingerprint density at radius 3 is 0.711 bits per heavy atom. The van der Waals surface area contributed by atoms with Gasteiger partial charge in [0.25, 0.3) is 0 Å². The standard InChI is InChI=1S/C13H30O3Si.C12H28O3Si.2C11H26O3Si.C9H22O3Si/c1-4-5-6-7-8-9-10-17(3,16-2)12-13(15)11-14;1-4-5-6-7-8-9-16(3,15-2)11-12(14)10-13;1-5-10(2)6-7-15(4,14-3)9-11(13)8-12;1-4-5-6-7-8-15(3,14-2)10-11(13)9-12;1-4-5-6-13(3,12-2)8-9(11)7-10/h13-15H,4-12H2,1-3H3;12-14H,4-11H2,1-3H3;10-13H,5-9H2,1-4H3;11-13H,4-10H2,1-3H3;9-11H,4-8H2,1-3H3. The summed E-state index contributed by atoms with van der Waals surface area (Å²) in [5, 5.41) is 91.3. The highest BCUT2D eigenvalue weighted by molar-refractivity contribution is 6.74. The van der Waals surface area contributed by atoms with E-state index < -0.39 is 72.1 Å². The monoisotopic (exact) mass is 1180 g/mol. The van der Waals surface area contributed by atoms with Crippen molar-refractivity contribution in [3.8, 4) is 0 Å². The summed E-state index contributed by atoms with van der Waals surface area (Å²) in [6.07, 6.45) is 20.6. The zero-order valence-corrected chi connectivity index (χ0v) is 57.5. The largest absolute Gasteiger partial charge is 0.420 e. The van der Waals surface area contributed by atoms with E-state index in [1.54, 1.807) is 35.5 Å². The molecule has 0 spiro atoms. The highest BCUT2D eigenvalue weighted by Crippen LogP contribution is 2.27. The van der Waals surface area contributed by atoms with Crippen LogP contribution in [0.25, 0.3) is 0 Å². The molecule has 0 radical (unpaired) electrons. The predicted molar refractivity (Wildman–Crippen MR) is 332 cm³/mol. The molecule has 0 aliphatic carbocycles. The Balaban J connectivity index is -0.000000277. The molecule has 0 saturated heterocycles. The molecule has 0 saturated carbocycles. The fourth-order valence-corrected chi connectivity index (χ4v) is 22.6. The molecule has 0 aliphatic rings. The molecule has 0 fully saturated rings. The van der Waals surface area contributed by atoms with E-state index in [4.69, 9.17) is 47.7 Å². The van der Waals surface area contributed by atoms with Gasteiger partial charge >= 0.3 is 0 Å². The van der Waals surface area contributed by atoms with Gasteiger partial charge in [0.05, 0.1) is 63.6 Å². The maximum atomic E-state index is 9.50. The summed E-state index contributed by atoms with van der Waals surface area (Å²) >= 11 is 0. The lowest BCUT2D eigenvalue weighted by Crippen LogP contribution is -2.38. The van der Waals surface area contributed by atoms with Crippen LogP contribution in [-0.2, 0) is 22.1 Å². The minimum atomic E-state index is -1.80. The first-order valence-corrected chi connectivity index (χ1v) is 44.1. The molecule has 0 aromatic carbocycles. The van der Waals surface area contributed by atoms with Gasteiger partial charge in [-0.2, -0.15) is 0 Å². The van der Waals surface area contributed by atoms with Crippen LogP contribution in [0.4, 0.5) is 0 Å². The molecule has 15 nitrogen and oxygen atoms in total. The van der Waals surface area contributed by atoms with Crippen molar-refractivity contribution in [3.05, 3.63) is 0 Å². The second-order valence-electron chi connectivity index (χ2n) is 23.1. The summed E-state index contributed by atoms with van der Waals surface area (Å²) in [5.74, 6) is 0.721. The normalized spacial score (nSPS) is 17.8. The SMILES string of the molecule is CCC(C)CC[Si](C)(CC(O)CO)OC.CCCCCCCC[Si](C)(CC(O)CO)OC.CCCCCCC[Si](C)(CC(O)CO)OC.CCCCCC[Si](C)(CC(O)CO)OC.CCCC[Si](C)(CC(O)CO)OC. The van der Waals surface area contributed by atoms with E-state index in [1.807, 2.05) is 0 Å². The number of rotatable bonds is 45. The molecule has 0 aromatic heterocycles. The zero-order valence-electron chi connectivity index (χ0n) is 52.5. The number of aliphatic hydroxyl groups excluding tert-OH is 10. The van der Waals surface area contributed by atoms with Crippen molar-refractivity contribution in [2.24, 2.45) is 5.92 Å². The minimum absolute atomic E-state index is 0.150. The molecule has 466 valence electrons. The van der Waals surface area contributed by atoms with Crippen molar-refractivity contribution in [1.82, 2.24) is 0 Å². The first-order chi connectivity index (χ1) is 35.8. The molecule has 76 heavy (non-hydrogen) atoms. The molecule has 0 aliphatic heterocycles. The van der Waals surface area contributed by atoms with Crippen molar-refractivity contribution in [2.45, 2.75) is 287 Å². The average molecular weight is 1190 g/mol. The third-order valence-corrected chi connectivity index (χ3v) is 33.8. The highest BCUT2D eigenvalue weighted by atomic mass is 28.4. The van der Waals surface area contributed by atoms with Crippen molar-refractivity contribution < 1.29 is 73.2 Å². The molecular formula is C56H132O15Si5. The second-order valence-corrected chi connectivity index (χ2v) is 44.2. The summed E-state index contributed by atoms with van der Waals surface area (Å²) in [4.78, 5) is 0. The summed E-state index contributed by atoms with van der Waals surface area (Å²) in [6.45, 7) is 23.1. The topological polar surface area (TPSA) is 248 Å². The Morgan fingerprint density at radius 2 is 0.500 bits per heavy atom. The molecule has 11 unspecified atom stereocenters. The average Bonchev–Trinajstić information content (AvgIpc) is 3.42. The van der Waals surface area contributed by atoms with E-state index in [1.165, 1.54) is 103 Å². The molecule has 0 aromatic rings. The van der Waals surface area contributed by atoms with Gasteiger partial charge in [0, 0.05) is 35.5 Å². The van der Waals surface area contributed by atoms with E-state index in [-0.39, 0.29) is 33.0 Å². The quantitative estimate of drug-likeness (QED) is 0.0201. The van der Waals surface area contributed by atoms with Crippen LogP contribution in [0.3, 0.4) is 0 Å². The highest BCUT2D eigenvalue weighted by Gasteiger charge is 2.33. The Morgan fingerprint density at radius 1 is 0.303 bits per heavy atom. The lowest BCUT2D eigenvalue weighted by molar-refractivity contribution is 0.105. The fourth-order valence-electron chi connectivity index (χ4n) is 8.87. The zero-order chi connectivity index (χ0) is 59.5. The minimum Gasteiger partial charge on any atom is -0.420 e. The lowest BCUT2D eigenvalue weighted by atomic mass is 10.1. The van der Waals surface area contributed by atoms with E-state index in [0.29, 0.717) is 30.2 Å². The van der Waals surface area contributed by atoms with Crippen LogP contribution in [0.2, 0.25) is 93.2 Å². The molecule has 0 rings (SSSR count). The Hall–Kier alpha value is 0.484. The van der Waals surface area contributed by atoms with E-state index >= 15 is 0 Å². The van der Waals surface area contributed by atoms with Crippen LogP contribution in [0.15, 0.2) is 0 Å². The van der Waals surface area contributed by atoms with Gasteiger partial charge in [-0.15, -0.1) is 0 Å². The van der Waals surface area contributed by atoms with Crippen molar-refractivity contribution in [3.63, 3.8) is 0 Å². The summed E-state index contributed by atoms with van der Waals surface area (Å²) < 4.78 is 27.8. The van der Waals surface area contributed by atoms with Crippen LogP contribution in [-0.4, -0.2) is 192 Å². The van der Waals surface area contributed by atoms with Crippen LogP contribution in [0.1, 0.15) is 164 Å².